The largest absolute Gasteiger partial charge is 0.496 e. The van der Waals surface area contributed by atoms with Crippen molar-refractivity contribution in [1.82, 2.24) is 14.9 Å². The molecule has 0 aliphatic carbocycles. The Balaban J connectivity index is 0.000000208. The summed E-state index contributed by atoms with van der Waals surface area (Å²) in [6.07, 6.45) is 3.83. The van der Waals surface area contributed by atoms with Crippen molar-refractivity contribution in [2.75, 3.05) is 41.5 Å². The van der Waals surface area contributed by atoms with Crippen LogP contribution in [-0.4, -0.2) is 56.3 Å². The molecule has 0 radical (unpaired) electrons. The second-order valence-electron chi connectivity index (χ2n) is 12.3. The van der Waals surface area contributed by atoms with Crippen LogP contribution in [0.2, 0.25) is 10.0 Å². The first-order valence-electron chi connectivity index (χ1n) is 16.6. The number of nitrogens with zero attached hydrogens (tertiary/aromatic N) is 3. The van der Waals surface area contributed by atoms with Crippen molar-refractivity contribution in [3.8, 4) is 39.6 Å². The fraction of sp³-hybridized carbons (Fsp3) is 0.190. The van der Waals surface area contributed by atoms with E-state index < -0.39 is 5.95 Å². The van der Waals surface area contributed by atoms with Crippen LogP contribution in [0.5, 0.6) is 17.4 Å². The highest BCUT2D eigenvalue weighted by molar-refractivity contribution is 6.31. The summed E-state index contributed by atoms with van der Waals surface area (Å²) in [5.74, 6) is 0.185. The highest BCUT2D eigenvalue weighted by Gasteiger charge is 2.18. The number of hydrogen-bond acceptors (Lipinski definition) is 6. The van der Waals surface area contributed by atoms with E-state index in [1.165, 1.54) is 26.5 Å². The first-order chi connectivity index (χ1) is 25.6. The van der Waals surface area contributed by atoms with Crippen molar-refractivity contribution in [3.63, 3.8) is 0 Å². The van der Waals surface area contributed by atoms with E-state index in [0.717, 1.165) is 17.7 Å². The van der Waals surface area contributed by atoms with Crippen molar-refractivity contribution < 1.29 is 27.4 Å². The van der Waals surface area contributed by atoms with E-state index in [-0.39, 0.29) is 11.6 Å². The van der Waals surface area contributed by atoms with Crippen LogP contribution in [0.3, 0.4) is 0 Å². The van der Waals surface area contributed by atoms with Gasteiger partial charge >= 0.3 is 0 Å². The zero-order valence-electron chi connectivity index (χ0n) is 29.7. The van der Waals surface area contributed by atoms with Crippen molar-refractivity contribution in [2.45, 2.75) is 12.8 Å². The Labute approximate surface area is 317 Å². The average molecular weight is 761 g/mol. The van der Waals surface area contributed by atoms with E-state index in [9.17, 15) is 4.39 Å². The van der Waals surface area contributed by atoms with Gasteiger partial charge in [0.2, 0.25) is 11.8 Å². The molecular weight excluding hydrogens is 722 g/mol. The van der Waals surface area contributed by atoms with E-state index in [2.05, 4.69) is 9.97 Å². The lowest BCUT2D eigenvalue weighted by Gasteiger charge is -2.14. The van der Waals surface area contributed by atoms with E-state index in [1.54, 1.807) is 79.0 Å². The molecule has 0 unspecified atom stereocenters. The lowest BCUT2D eigenvalue weighted by molar-refractivity contribution is 0.254. The number of likely N-dealkylation sites (N-methyl/N-ethyl adjacent to an activating group) is 1. The molecule has 0 saturated carbocycles. The van der Waals surface area contributed by atoms with Crippen LogP contribution in [0.15, 0.2) is 109 Å². The van der Waals surface area contributed by atoms with Gasteiger partial charge in [-0.1, -0.05) is 71.7 Å². The van der Waals surface area contributed by atoms with Gasteiger partial charge in [-0.05, 0) is 89.9 Å². The van der Waals surface area contributed by atoms with Crippen LogP contribution in [0.4, 0.5) is 13.2 Å². The fourth-order valence-electron chi connectivity index (χ4n) is 5.53. The zero-order valence-corrected chi connectivity index (χ0v) is 31.2. The van der Waals surface area contributed by atoms with E-state index in [0.29, 0.717) is 80.3 Å². The van der Waals surface area contributed by atoms with Crippen molar-refractivity contribution in [2.24, 2.45) is 0 Å². The first kappa shape index (κ1) is 39.1. The van der Waals surface area contributed by atoms with Gasteiger partial charge < -0.3 is 19.1 Å². The third kappa shape index (κ3) is 10.5. The number of benzene rings is 4. The van der Waals surface area contributed by atoms with Gasteiger partial charge in [-0.15, -0.1) is 0 Å². The van der Waals surface area contributed by atoms with Crippen LogP contribution in [-0.2, 0) is 12.8 Å². The molecule has 0 spiro atoms. The third-order valence-corrected chi connectivity index (χ3v) is 8.67. The fourth-order valence-corrected chi connectivity index (χ4v) is 5.91. The van der Waals surface area contributed by atoms with Crippen LogP contribution in [0.1, 0.15) is 22.3 Å². The van der Waals surface area contributed by atoms with E-state index in [4.69, 9.17) is 37.4 Å². The topological polar surface area (TPSA) is 56.7 Å². The molecule has 0 bridgehead atoms. The van der Waals surface area contributed by atoms with Crippen molar-refractivity contribution >= 4 is 23.2 Å². The molecule has 6 nitrogen and oxygen atoms in total. The van der Waals surface area contributed by atoms with Gasteiger partial charge in [0.15, 0.2) is 0 Å². The van der Waals surface area contributed by atoms with Gasteiger partial charge in [-0.2, -0.15) is 4.39 Å². The summed E-state index contributed by atoms with van der Waals surface area (Å²) < 4.78 is 59.7. The van der Waals surface area contributed by atoms with Gasteiger partial charge in [0.05, 0.1) is 25.3 Å². The molecule has 0 aliphatic rings. The molecule has 11 heteroatoms. The molecule has 274 valence electrons. The Bertz CT molecular complexity index is 2130. The third-order valence-electron chi connectivity index (χ3n) is 8.20. The monoisotopic (exact) mass is 759 g/mol. The Morgan fingerprint density at radius 2 is 1.13 bits per heavy atom. The minimum absolute atomic E-state index is 0.302. The second-order valence-corrected chi connectivity index (χ2v) is 13.1. The maximum atomic E-state index is 15.4. The summed E-state index contributed by atoms with van der Waals surface area (Å²) in [5, 5.41) is 1.06. The predicted octanol–water partition coefficient (Wildman–Crippen LogP) is 10.4. The molecule has 0 saturated heterocycles. The number of pyridine rings is 2. The molecule has 2 heterocycles. The lowest BCUT2D eigenvalue weighted by atomic mass is 9.97. The number of halogens is 5. The maximum absolute atomic E-state index is 15.4. The first-order valence-corrected chi connectivity index (χ1v) is 17.4. The van der Waals surface area contributed by atoms with Gasteiger partial charge in [-0.25, -0.2) is 18.7 Å². The van der Waals surface area contributed by atoms with Crippen LogP contribution in [0, 0.1) is 17.6 Å². The minimum atomic E-state index is -0.562. The number of aromatic nitrogens is 2. The van der Waals surface area contributed by atoms with Crippen molar-refractivity contribution in [3.05, 3.63) is 159 Å². The van der Waals surface area contributed by atoms with Crippen LogP contribution < -0.4 is 14.2 Å². The normalized spacial score (nSPS) is 10.8. The number of hydrogen-bond donors (Lipinski definition) is 0. The quantitative estimate of drug-likeness (QED) is 0.116. The van der Waals surface area contributed by atoms with Gasteiger partial charge in [0.1, 0.15) is 29.7 Å². The number of methoxy groups -OCH3 is 2. The van der Waals surface area contributed by atoms with E-state index in [1.807, 2.05) is 37.2 Å². The summed E-state index contributed by atoms with van der Waals surface area (Å²) in [5.41, 5.74) is 4.72. The van der Waals surface area contributed by atoms with Crippen LogP contribution in [0.25, 0.3) is 22.3 Å². The minimum Gasteiger partial charge on any atom is -0.496 e. The molecule has 4 aromatic carbocycles. The standard InChI is InChI=1S/C23H24ClFN2O2.C19H14ClF2NO/c1-27(2)11-12-29-21-10-7-16(15-26-21)13-18-8-9-20(28-3)22(23(18)25)17-5-4-6-19(24)14-17;1-24-16-7-6-14(9-12-5-8-17(21)23-11-12)19(22)18(16)13-3-2-4-15(20)10-13/h4-10,14-15H,11-13H2,1-3H3;2-8,10-11H,9H2,1H3. The molecule has 2 aromatic heterocycles. The molecular formula is C42H38Cl2F3N3O3. The molecule has 0 N–H and O–H groups in total. The van der Waals surface area contributed by atoms with Gasteiger partial charge in [0, 0.05) is 47.9 Å². The molecule has 6 aromatic rings. The molecule has 0 atom stereocenters. The number of ether oxygens (including phenoxy) is 3. The highest BCUT2D eigenvalue weighted by Crippen LogP contribution is 2.37. The number of rotatable bonds is 12. The average Bonchev–Trinajstić information content (AvgIpc) is 3.14. The molecule has 53 heavy (non-hydrogen) atoms. The maximum Gasteiger partial charge on any atom is 0.213 e. The molecule has 6 rings (SSSR count). The van der Waals surface area contributed by atoms with Gasteiger partial charge in [-0.3, -0.25) is 0 Å². The Hall–Kier alpha value is -5.09. The van der Waals surface area contributed by atoms with Gasteiger partial charge in [0.25, 0.3) is 0 Å². The Kier molecular flexibility index (Phi) is 13.7. The molecule has 0 aliphatic heterocycles. The van der Waals surface area contributed by atoms with Crippen molar-refractivity contribution in [1.29, 1.82) is 0 Å². The molecule has 0 fully saturated rings. The summed E-state index contributed by atoms with van der Waals surface area (Å²) in [6.45, 7) is 1.38. The van der Waals surface area contributed by atoms with E-state index >= 15 is 8.78 Å². The smallest absolute Gasteiger partial charge is 0.213 e. The zero-order chi connectivity index (χ0) is 37.9. The lowest BCUT2D eigenvalue weighted by Crippen LogP contribution is -2.19. The Morgan fingerprint density at radius 1 is 0.623 bits per heavy atom. The summed E-state index contributed by atoms with van der Waals surface area (Å²) in [4.78, 5) is 9.96. The molecule has 0 amide bonds. The summed E-state index contributed by atoms with van der Waals surface area (Å²) in [7, 11) is 7.00. The highest BCUT2D eigenvalue weighted by atomic mass is 35.5. The summed E-state index contributed by atoms with van der Waals surface area (Å²) >= 11 is 12.1. The SMILES string of the molecule is COc1ccc(Cc2ccc(F)nc2)c(F)c1-c1cccc(Cl)c1.COc1ccc(Cc2ccc(OCCN(C)C)nc2)c(F)c1-c1cccc(Cl)c1. The Morgan fingerprint density at radius 3 is 1.55 bits per heavy atom. The van der Waals surface area contributed by atoms with Crippen LogP contribution >= 0.6 is 23.2 Å². The summed E-state index contributed by atoms with van der Waals surface area (Å²) in [6, 6.07) is 27.5. The second kappa shape index (κ2) is 18.6. The predicted molar refractivity (Wildman–Crippen MR) is 205 cm³/mol.